The molecule has 0 saturated carbocycles. The van der Waals surface area contributed by atoms with Crippen molar-refractivity contribution in [2.75, 3.05) is 0 Å². The van der Waals surface area contributed by atoms with Crippen LogP contribution in [0.4, 0.5) is 4.39 Å². The van der Waals surface area contributed by atoms with Crippen molar-refractivity contribution in [3.8, 4) is 34.5 Å². The molecule has 0 aliphatic carbocycles. The van der Waals surface area contributed by atoms with Gasteiger partial charge in [0.2, 0.25) is 3.79 Å². The van der Waals surface area contributed by atoms with Gasteiger partial charge in [-0.3, -0.25) is 4.79 Å². The van der Waals surface area contributed by atoms with Gasteiger partial charge in [-0.2, -0.15) is 5.26 Å². The number of benzene rings is 3. The summed E-state index contributed by atoms with van der Waals surface area (Å²) in [4.78, 5) is 16.8. The molecular formula is C27H15FIN3O2. The van der Waals surface area contributed by atoms with E-state index in [9.17, 15) is 14.4 Å². The second-order valence-electron chi connectivity index (χ2n) is 7.49. The molecule has 0 fully saturated rings. The lowest BCUT2D eigenvalue weighted by atomic mass is 10.1. The summed E-state index contributed by atoms with van der Waals surface area (Å²) in [5.41, 5.74) is 3.44. The van der Waals surface area contributed by atoms with Crippen molar-refractivity contribution in [3.05, 3.63) is 108 Å². The van der Waals surface area contributed by atoms with Gasteiger partial charge in [0.25, 0.3) is 0 Å². The summed E-state index contributed by atoms with van der Waals surface area (Å²) in [5, 5.41) is 10.2. The number of pyridine rings is 1. The SMILES string of the molecule is N#Cc1cccc2c1ccn2-c1cc(-c2ccc(Oc3ccc(F)cc3)cc2)cc(C(=O)I)n1. The zero-order valence-electron chi connectivity index (χ0n) is 17.6. The van der Waals surface area contributed by atoms with Crippen LogP contribution in [-0.2, 0) is 0 Å². The van der Waals surface area contributed by atoms with E-state index in [0.717, 1.165) is 22.0 Å². The lowest BCUT2D eigenvalue weighted by Gasteiger charge is -2.11. The third-order valence-electron chi connectivity index (χ3n) is 5.35. The van der Waals surface area contributed by atoms with Crippen LogP contribution in [0.25, 0.3) is 27.8 Å². The Morgan fingerprint density at radius 3 is 2.32 bits per heavy atom. The van der Waals surface area contributed by atoms with Crippen LogP contribution in [-0.4, -0.2) is 13.3 Å². The zero-order valence-corrected chi connectivity index (χ0v) is 19.7. The van der Waals surface area contributed by atoms with Gasteiger partial charge < -0.3 is 9.30 Å². The molecule has 0 aliphatic heterocycles. The minimum Gasteiger partial charge on any atom is -0.457 e. The van der Waals surface area contributed by atoms with Crippen molar-refractivity contribution in [1.82, 2.24) is 9.55 Å². The van der Waals surface area contributed by atoms with E-state index in [2.05, 4.69) is 11.1 Å². The topological polar surface area (TPSA) is 67.9 Å². The Balaban J connectivity index is 1.53. The van der Waals surface area contributed by atoms with Crippen LogP contribution in [0.5, 0.6) is 11.5 Å². The van der Waals surface area contributed by atoms with Gasteiger partial charge in [-0.1, -0.05) is 18.2 Å². The second-order valence-corrected chi connectivity index (χ2v) is 8.47. The van der Waals surface area contributed by atoms with Crippen LogP contribution in [0, 0.1) is 17.1 Å². The van der Waals surface area contributed by atoms with E-state index in [0.29, 0.717) is 28.6 Å². The van der Waals surface area contributed by atoms with Crippen molar-refractivity contribution in [2.24, 2.45) is 0 Å². The molecular weight excluding hydrogens is 544 g/mol. The van der Waals surface area contributed by atoms with Crippen LogP contribution in [0.15, 0.2) is 91.1 Å². The molecule has 5 aromatic rings. The summed E-state index contributed by atoms with van der Waals surface area (Å²) < 4.78 is 20.6. The Morgan fingerprint density at radius 1 is 0.941 bits per heavy atom. The first-order chi connectivity index (χ1) is 16.5. The maximum Gasteiger partial charge on any atom is 0.240 e. The van der Waals surface area contributed by atoms with Gasteiger partial charge in [-0.05, 0) is 77.9 Å². The fourth-order valence-electron chi connectivity index (χ4n) is 3.73. The van der Waals surface area contributed by atoms with Crippen molar-refractivity contribution in [1.29, 1.82) is 5.26 Å². The van der Waals surface area contributed by atoms with E-state index in [1.807, 2.05) is 59.3 Å². The number of hydrogen-bond donors (Lipinski definition) is 0. The molecule has 2 heterocycles. The Bertz CT molecular complexity index is 1570. The van der Waals surface area contributed by atoms with Crippen LogP contribution >= 0.6 is 22.6 Å². The molecule has 0 amide bonds. The van der Waals surface area contributed by atoms with Crippen LogP contribution in [0.3, 0.4) is 0 Å². The van der Waals surface area contributed by atoms with Crippen molar-refractivity contribution in [3.63, 3.8) is 0 Å². The highest BCUT2D eigenvalue weighted by Gasteiger charge is 2.13. The van der Waals surface area contributed by atoms with Crippen LogP contribution < -0.4 is 4.74 Å². The molecule has 2 aromatic heterocycles. The molecule has 5 nitrogen and oxygen atoms in total. The average Bonchev–Trinajstić information content (AvgIpc) is 3.30. The third-order valence-corrected chi connectivity index (χ3v) is 5.90. The Hall–Kier alpha value is -4.03. The molecule has 0 unspecified atom stereocenters. The zero-order chi connectivity index (χ0) is 23.7. The predicted octanol–water partition coefficient (Wildman–Crippen LogP) is 7.07. The average molecular weight is 559 g/mol. The summed E-state index contributed by atoms with van der Waals surface area (Å²) >= 11 is 1.73. The molecule has 3 aromatic carbocycles. The second kappa shape index (κ2) is 9.08. The monoisotopic (exact) mass is 559 g/mol. The number of nitriles is 1. The number of fused-ring (bicyclic) bond motifs is 1. The summed E-state index contributed by atoms with van der Waals surface area (Å²) in [6.07, 6.45) is 1.85. The minimum atomic E-state index is -0.323. The Kier molecular flexibility index (Phi) is 5.82. The summed E-state index contributed by atoms with van der Waals surface area (Å²) in [6.45, 7) is 0. The fraction of sp³-hybridized carbons (Fsp3) is 0. The highest BCUT2D eigenvalue weighted by molar-refractivity contribution is 14.1. The summed E-state index contributed by atoms with van der Waals surface area (Å²) in [6, 6.07) is 26.5. The van der Waals surface area contributed by atoms with Gasteiger partial charge in [0, 0.05) is 34.2 Å². The van der Waals surface area contributed by atoms with Crippen molar-refractivity contribution < 1.29 is 13.9 Å². The molecule has 0 atom stereocenters. The van der Waals surface area contributed by atoms with Gasteiger partial charge in [0.1, 0.15) is 28.8 Å². The van der Waals surface area contributed by atoms with E-state index >= 15 is 0 Å². The first-order valence-corrected chi connectivity index (χ1v) is 11.4. The van der Waals surface area contributed by atoms with Gasteiger partial charge in [0.05, 0.1) is 17.1 Å². The standard InChI is InChI=1S/C27H15FIN3O2/c28-20-6-10-22(11-7-20)34-21-8-4-17(5-9-21)19-14-24(27(29)33)31-26(15-19)32-13-12-23-18(16-30)2-1-3-25(23)32/h1-15H. The number of rotatable bonds is 5. The van der Waals surface area contributed by atoms with Gasteiger partial charge in [-0.15, -0.1) is 0 Å². The maximum absolute atomic E-state index is 13.1. The number of aromatic nitrogens is 2. The predicted molar refractivity (Wildman–Crippen MR) is 136 cm³/mol. The highest BCUT2D eigenvalue weighted by atomic mass is 127. The molecule has 0 spiro atoms. The minimum absolute atomic E-state index is 0.175. The molecule has 0 saturated heterocycles. The molecule has 0 radical (unpaired) electrons. The fourth-order valence-corrected chi connectivity index (χ4v) is 4.00. The summed E-state index contributed by atoms with van der Waals surface area (Å²) in [7, 11) is 0. The Morgan fingerprint density at radius 2 is 1.65 bits per heavy atom. The quantitative estimate of drug-likeness (QED) is 0.171. The smallest absolute Gasteiger partial charge is 0.240 e. The molecule has 34 heavy (non-hydrogen) atoms. The molecule has 7 heteroatoms. The van der Waals surface area contributed by atoms with E-state index in [1.165, 1.54) is 12.1 Å². The largest absolute Gasteiger partial charge is 0.457 e. The number of halogens is 2. The molecule has 0 N–H and O–H groups in total. The number of ether oxygens (including phenoxy) is 1. The molecule has 0 aliphatic rings. The third kappa shape index (κ3) is 4.28. The van der Waals surface area contributed by atoms with Crippen LogP contribution in [0.1, 0.15) is 16.1 Å². The van der Waals surface area contributed by atoms with E-state index in [4.69, 9.17) is 4.74 Å². The van der Waals surface area contributed by atoms with Crippen molar-refractivity contribution in [2.45, 2.75) is 0 Å². The lowest BCUT2D eigenvalue weighted by molar-refractivity contribution is 0.110. The Labute approximate surface area is 208 Å². The lowest BCUT2D eigenvalue weighted by Crippen LogP contribution is -2.02. The first-order valence-electron chi connectivity index (χ1n) is 10.3. The van der Waals surface area contributed by atoms with Gasteiger partial charge in [-0.25, -0.2) is 9.37 Å². The van der Waals surface area contributed by atoms with E-state index in [-0.39, 0.29) is 9.61 Å². The number of nitrogens with zero attached hydrogens (tertiary/aromatic N) is 3. The highest BCUT2D eigenvalue weighted by Crippen LogP contribution is 2.29. The molecule has 0 bridgehead atoms. The van der Waals surface area contributed by atoms with E-state index < -0.39 is 0 Å². The number of carbonyl (C=O) groups is 1. The number of hydrogen-bond acceptors (Lipinski definition) is 4. The number of carbonyl (C=O) groups excluding carboxylic acids is 1. The van der Waals surface area contributed by atoms with Gasteiger partial charge >= 0.3 is 0 Å². The normalized spacial score (nSPS) is 10.7. The van der Waals surface area contributed by atoms with Gasteiger partial charge in [0.15, 0.2) is 0 Å². The van der Waals surface area contributed by atoms with E-state index in [1.54, 1.807) is 46.9 Å². The molecule has 164 valence electrons. The van der Waals surface area contributed by atoms with Crippen LogP contribution in [0.2, 0.25) is 0 Å². The summed E-state index contributed by atoms with van der Waals surface area (Å²) in [5.74, 6) is 1.40. The maximum atomic E-state index is 13.1. The molecule has 5 rings (SSSR count). The first kappa shape index (κ1) is 21.8. The van der Waals surface area contributed by atoms with Crippen molar-refractivity contribution >= 4 is 37.3 Å².